The van der Waals surface area contributed by atoms with Crippen molar-refractivity contribution in [2.45, 2.75) is 15.3 Å². The quantitative estimate of drug-likeness (QED) is 0.431. The number of thioether (sulfide) groups is 2. The first kappa shape index (κ1) is 19.1. The van der Waals surface area contributed by atoms with Crippen LogP contribution < -0.4 is 5.32 Å². The summed E-state index contributed by atoms with van der Waals surface area (Å²) in [7, 11) is 0. The van der Waals surface area contributed by atoms with Crippen LogP contribution in [0.3, 0.4) is 0 Å². The molecule has 0 aliphatic carbocycles. The zero-order valence-corrected chi connectivity index (χ0v) is 14.1. The molecular formula is C15H11F3N2O3S2. The van der Waals surface area contributed by atoms with Crippen molar-refractivity contribution in [2.24, 2.45) is 0 Å². The molecule has 0 aliphatic rings. The van der Waals surface area contributed by atoms with E-state index in [1.807, 2.05) is 0 Å². The summed E-state index contributed by atoms with van der Waals surface area (Å²) in [6.45, 7) is 0. The molecule has 1 amide bonds. The summed E-state index contributed by atoms with van der Waals surface area (Å²) in [6, 6.07) is 11.5. The molecule has 1 N–H and O–H groups in total. The number of nitro benzene ring substituents is 1. The number of nitrogens with one attached hydrogen (secondary N) is 1. The molecule has 0 fully saturated rings. The Kier molecular flexibility index (Phi) is 6.32. The van der Waals surface area contributed by atoms with E-state index in [0.717, 1.165) is 11.8 Å². The number of carbonyl (C=O) groups excluding carboxylic acids is 1. The number of nitrogens with zero attached hydrogens (tertiary/aromatic N) is 1. The lowest BCUT2D eigenvalue weighted by atomic mass is 10.3. The Balaban J connectivity index is 2.03. The Morgan fingerprint density at radius 2 is 1.68 bits per heavy atom. The summed E-state index contributed by atoms with van der Waals surface area (Å²) in [5, 5.41) is 13.3. The van der Waals surface area contributed by atoms with Gasteiger partial charge in [-0.1, -0.05) is 24.3 Å². The fourth-order valence-electron chi connectivity index (χ4n) is 1.84. The minimum absolute atomic E-state index is 0.0398. The average Bonchev–Trinajstić information content (AvgIpc) is 2.53. The van der Waals surface area contributed by atoms with Gasteiger partial charge in [0.2, 0.25) is 5.91 Å². The molecule has 25 heavy (non-hydrogen) atoms. The molecule has 2 aromatic rings. The number of benzene rings is 2. The van der Waals surface area contributed by atoms with Crippen molar-refractivity contribution < 1.29 is 22.9 Å². The van der Waals surface area contributed by atoms with E-state index < -0.39 is 16.3 Å². The van der Waals surface area contributed by atoms with Gasteiger partial charge in [0.15, 0.2) is 0 Å². The van der Waals surface area contributed by atoms with Gasteiger partial charge in [0, 0.05) is 11.0 Å². The van der Waals surface area contributed by atoms with Gasteiger partial charge >= 0.3 is 5.51 Å². The van der Waals surface area contributed by atoms with Gasteiger partial charge in [0.1, 0.15) is 0 Å². The Hall–Kier alpha value is -2.20. The van der Waals surface area contributed by atoms with Gasteiger partial charge in [0.25, 0.3) is 5.69 Å². The second-order valence-electron chi connectivity index (χ2n) is 4.61. The second kappa shape index (κ2) is 8.26. The molecule has 0 heterocycles. The van der Waals surface area contributed by atoms with Gasteiger partial charge in [-0.2, -0.15) is 13.2 Å². The number of alkyl halides is 3. The van der Waals surface area contributed by atoms with E-state index in [0.29, 0.717) is 4.90 Å². The van der Waals surface area contributed by atoms with Gasteiger partial charge in [0.05, 0.1) is 21.3 Å². The number of rotatable bonds is 6. The normalized spacial score (nSPS) is 11.2. The topological polar surface area (TPSA) is 72.2 Å². The highest BCUT2D eigenvalue weighted by Gasteiger charge is 2.30. The molecule has 0 radical (unpaired) electrons. The highest BCUT2D eigenvalue weighted by molar-refractivity contribution is 8.00. The molecule has 0 spiro atoms. The third kappa shape index (κ3) is 5.98. The molecule has 0 bridgehead atoms. The molecule has 0 saturated carbocycles. The Bertz CT molecular complexity index is 785. The predicted molar refractivity (Wildman–Crippen MR) is 90.8 cm³/mol. The summed E-state index contributed by atoms with van der Waals surface area (Å²) >= 11 is 0.618. The summed E-state index contributed by atoms with van der Waals surface area (Å²) in [6.07, 6.45) is 0. The van der Waals surface area contributed by atoms with Crippen molar-refractivity contribution >= 4 is 40.8 Å². The SMILES string of the molecule is O=C(CSc1ccccc1[N+](=O)[O-])Nc1ccccc1SC(F)(F)F. The molecule has 132 valence electrons. The van der Waals surface area contributed by atoms with Gasteiger partial charge < -0.3 is 5.32 Å². The lowest BCUT2D eigenvalue weighted by Crippen LogP contribution is -2.15. The van der Waals surface area contributed by atoms with Crippen LogP contribution >= 0.6 is 23.5 Å². The van der Waals surface area contributed by atoms with E-state index in [1.54, 1.807) is 6.07 Å². The number of hydrogen-bond donors (Lipinski definition) is 1. The van der Waals surface area contributed by atoms with Crippen LogP contribution in [0.4, 0.5) is 24.5 Å². The van der Waals surface area contributed by atoms with Crippen LogP contribution in [-0.4, -0.2) is 22.1 Å². The first-order chi connectivity index (χ1) is 11.8. The smallest absolute Gasteiger partial charge is 0.324 e. The summed E-state index contributed by atoms with van der Waals surface area (Å²) in [4.78, 5) is 22.5. The minimum atomic E-state index is -4.47. The van der Waals surface area contributed by atoms with Crippen molar-refractivity contribution in [1.29, 1.82) is 0 Å². The first-order valence-electron chi connectivity index (χ1n) is 6.77. The summed E-state index contributed by atoms with van der Waals surface area (Å²) < 4.78 is 37.6. The Labute approximate surface area is 149 Å². The molecule has 0 aliphatic heterocycles. The molecule has 0 unspecified atom stereocenters. The molecular weight excluding hydrogens is 377 g/mol. The van der Waals surface area contributed by atoms with Gasteiger partial charge in [-0.3, -0.25) is 14.9 Å². The van der Waals surface area contributed by atoms with Crippen molar-refractivity contribution in [3.63, 3.8) is 0 Å². The van der Waals surface area contributed by atoms with Crippen LogP contribution in [0.1, 0.15) is 0 Å². The molecule has 0 atom stereocenters. The number of para-hydroxylation sites is 2. The van der Waals surface area contributed by atoms with Crippen LogP contribution in [0, 0.1) is 10.1 Å². The van der Waals surface area contributed by atoms with Gasteiger partial charge in [-0.25, -0.2) is 0 Å². The fourth-order valence-corrected chi connectivity index (χ4v) is 3.29. The van der Waals surface area contributed by atoms with E-state index in [4.69, 9.17) is 0 Å². The third-order valence-electron chi connectivity index (χ3n) is 2.81. The zero-order chi connectivity index (χ0) is 18.4. The van der Waals surface area contributed by atoms with Crippen LogP contribution in [-0.2, 0) is 4.79 Å². The predicted octanol–water partition coefficient (Wildman–Crippen LogP) is 4.94. The monoisotopic (exact) mass is 388 g/mol. The number of hydrogen-bond acceptors (Lipinski definition) is 5. The van der Waals surface area contributed by atoms with Crippen LogP contribution in [0.15, 0.2) is 58.3 Å². The van der Waals surface area contributed by atoms with E-state index in [9.17, 15) is 28.1 Å². The minimum Gasteiger partial charge on any atom is -0.324 e. The van der Waals surface area contributed by atoms with E-state index >= 15 is 0 Å². The maximum absolute atomic E-state index is 12.5. The highest BCUT2D eigenvalue weighted by atomic mass is 32.2. The van der Waals surface area contributed by atoms with Crippen LogP contribution in [0.25, 0.3) is 0 Å². The lowest BCUT2D eigenvalue weighted by Gasteiger charge is -2.12. The van der Waals surface area contributed by atoms with E-state index in [1.165, 1.54) is 42.5 Å². The molecule has 5 nitrogen and oxygen atoms in total. The fraction of sp³-hybridized carbons (Fsp3) is 0.133. The summed E-state index contributed by atoms with van der Waals surface area (Å²) in [5.74, 6) is -0.728. The Morgan fingerprint density at radius 1 is 1.08 bits per heavy atom. The Morgan fingerprint density at radius 3 is 2.32 bits per heavy atom. The lowest BCUT2D eigenvalue weighted by molar-refractivity contribution is -0.387. The first-order valence-corrected chi connectivity index (χ1v) is 8.57. The number of amides is 1. The number of anilines is 1. The van der Waals surface area contributed by atoms with Crippen LogP contribution in [0.5, 0.6) is 0 Å². The maximum Gasteiger partial charge on any atom is 0.446 e. The summed E-state index contributed by atoms with van der Waals surface area (Å²) in [5.41, 5.74) is -4.56. The molecule has 0 saturated heterocycles. The maximum atomic E-state index is 12.5. The molecule has 0 aromatic heterocycles. The van der Waals surface area contributed by atoms with Crippen molar-refractivity contribution in [1.82, 2.24) is 0 Å². The van der Waals surface area contributed by atoms with Gasteiger partial charge in [-0.15, -0.1) is 11.8 Å². The number of nitro groups is 1. The number of carbonyl (C=O) groups is 1. The largest absolute Gasteiger partial charge is 0.446 e. The van der Waals surface area contributed by atoms with E-state index in [2.05, 4.69) is 5.32 Å². The van der Waals surface area contributed by atoms with Crippen molar-refractivity contribution in [3.05, 3.63) is 58.6 Å². The number of halogens is 3. The molecule has 2 rings (SSSR count). The second-order valence-corrected chi connectivity index (χ2v) is 6.73. The highest BCUT2D eigenvalue weighted by Crippen LogP contribution is 2.40. The van der Waals surface area contributed by atoms with Crippen molar-refractivity contribution in [2.75, 3.05) is 11.1 Å². The third-order valence-corrected chi connectivity index (χ3v) is 4.68. The van der Waals surface area contributed by atoms with E-state index in [-0.39, 0.29) is 33.8 Å². The molecule has 10 heteroatoms. The zero-order valence-electron chi connectivity index (χ0n) is 12.4. The van der Waals surface area contributed by atoms with Crippen molar-refractivity contribution in [3.8, 4) is 0 Å². The molecule has 2 aromatic carbocycles. The average molecular weight is 388 g/mol. The standard InChI is InChI=1S/C15H11F3N2O3S2/c16-15(17,18)25-12-7-3-1-5-10(12)19-14(21)9-24-13-8-4-2-6-11(13)20(22)23/h1-8H,9H2,(H,19,21). The van der Waals surface area contributed by atoms with Gasteiger partial charge in [-0.05, 0) is 30.0 Å². The van der Waals surface area contributed by atoms with Crippen LogP contribution in [0.2, 0.25) is 0 Å².